The minimum absolute atomic E-state index is 0.0950. The first-order valence-corrected chi connectivity index (χ1v) is 11.5. The Morgan fingerprint density at radius 3 is 2.66 bits per heavy atom. The van der Waals surface area contributed by atoms with Gasteiger partial charge in [0.1, 0.15) is 12.4 Å². The lowest BCUT2D eigenvalue weighted by Gasteiger charge is -2.12. The van der Waals surface area contributed by atoms with E-state index in [0.29, 0.717) is 30.1 Å². The molecule has 1 saturated heterocycles. The van der Waals surface area contributed by atoms with Gasteiger partial charge in [-0.1, -0.05) is 18.2 Å². The molecule has 164 valence electrons. The van der Waals surface area contributed by atoms with E-state index in [2.05, 4.69) is 11.4 Å². The van der Waals surface area contributed by atoms with Crippen molar-refractivity contribution in [2.24, 2.45) is 0 Å². The fraction of sp³-hybridized carbons (Fsp3) is 0.217. The number of nitrogens with one attached hydrogen (secondary N) is 1. The number of rotatable bonds is 7. The Labute approximate surface area is 186 Å². The van der Waals surface area contributed by atoms with E-state index < -0.39 is 15.9 Å². The first kappa shape index (κ1) is 21.6. The third kappa shape index (κ3) is 4.82. The van der Waals surface area contributed by atoms with Gasteiger partial charge in [-0.05, 0) is 54.8 Å². The molecule has 0 saturated carbocycles. The van der Waals surface area contributed by atoms with Crippen molar-refractivity contribution in [3.8, 4) is 11.8 Å². The van der Waals surface area contributed by atoms with Crippen LogP contribution in [0.5, 0.6) is 5.75 Å². The monoisotopic (exact) mass is 451 g/mol. The van der Waals surface area contributed by atoms with Crippen molar-refractivity contribution in [3.05, 3.63) is 77.6 Å². The average molecular weight is 452 g/mol. The standard InChI is InChI=1S/C23H21N3O5S/c24-15-17-5-3-6-18(13-17)16-30-20-8-4-7-19(14-20)25-23(27)21-9-10-22(31-21)32(28,29)26-11-1-2-12-26/h3-10,13-14H,1-2,11-12,16H2,(H,25,27). The zero-order valence-corrected chi connectivity index (χ0v) is 18.0. The molecular formula is C23H21N3O5S. The lowest BCUT2D eigenvalue weighted by molar-refractivity contribution is 0.0991. The summed E-state index contributed by atoms with van der Waals surface area (Å²) in [6.07, 6.45) is 1.63. The predicted octanol–water partition coefficient (Wildman–Crippen LogP) is 3.77. The summed E-state index contributed by atoms with van der Waals surface area (Å²) in [6.45, 7) is 1.18. The van der Waals surface area contributed by atoms with Gasteiger partial charge in [-0.15, -0.1) is 0 Å². The lowest BCUT2D eigenvalue weighted by atomic mass is 10.1. The van der Waals surface area contributed by atoms with E-state index in [1.165, 1.54) is 16.4 Å². The number of nitriles is 1. The van der Waals surface area contributed by atoms with E-state index in [-0.39, 0.29) is 17.5 Å². The van der Waals surface area contributed by atoms with Gasteiger partial charge in [0, 0.05) is 24.8 Å². The Morgan fingerprint density at radius 2 is 1.88 bits per heavy atom. The predicted molar refractivity (Wildman–Crippen MR) is 117 cm³/mol. The van der Waals surface area contributed by atoms with Crippen LogP contribution in [0, 0.1) is 11.3 Å². The van der Waals surface area contributed by atoms with Gasteiger partial charge < -0.3 is 14.5 Å². The van der Waals surface area contributed by atoms with E-state index in [1.807, 2.05) is 6.07 Å². The summed E-state index contributed by atoms with van der Waals surface area (Å²) in [5, 5.41) is 11.4. The van der Waals surface area contributed by atoms with Gasteiger partial charge in [0.25, 0.3) is 15.9 Å². The summed E-state index contributed by atoms with van der Waals surface area (Å²) in [7, 11) is -3.72. The fourth-order valence-corrected chi connectivity index (χ4v) is 4.82. The van der Waals surface area contributed by atoms with E-state index >= 15 is 0 Å². The van der Waals surface area contributed by atoms with Gasteiger partial charge in [0.05, 0.1) is 11.6 Å². The van der Waals surface area contributed by atoms with Crippen LogP contribution in [0.1, 0.15) is 34.5 Å². The summed E-state index contributed by atoms with van der Waals surface area (Å²) < 4.78 is 37.6. The van der Waals surface area contributed by atoms with Crippen molar-refractivity contribution < 1.29 is 22.4 Å². The molecule has 4 rings (SSSR count). The lowest BCUT2D eigenvalue weighted by Crippen LogP contribution is -2.27. The van der Waals surface area contributed by atoms with Gasteiger partial charge in [0.15, 0.2) is 5.76 Å². The summed E-state index contributed by atoms with van der Waals surface area (Å²) in [4.78, 5) is 12.6. The third-order valence-electron chi connectivity index (χ3n) is 5.02. The fourth-order valence-electron chi connectivity index (χ4n) is 3.39. The molecule has 1 aliphatic rings. The molecule has 0 bridgehead atoms. The van der Waals surface area contributed by atoms with Crippen LogP contribution in [0.3, 0.4) is 0 Å². The minimum Gasteiger partial charge on any atom is -0.489 e. The first-order valence-electron chi connectivity index (χ1n) is 10.1. The maximum Gasteiger partial charge on any atom is 0.291 e. The highest BCUT2D eigenvalue weighted by Crippen LogP contribution is 2.24. The van der Waals surface area contributed by atoms with Crippen LogP contribution in [0.25, 0.3) is 0 Å². The number of hydrogen-bond donors (Lipinski definition) is 1. The molecule has 2 heterocycles. The van der Waals surface area contributed by atoms with E-state index in [1.54, 1.807) is 42.5 Å². The van der Waals surface area contributed by atoms with E-state index in [0.717, 1.165) is 18.4 Å². The molecule has 2 aromatic carbocycles. The molecular weight excluding hydrogens is 430 g/mol. The summed E-state index contributed by atoms with van der Waals surface area (Å²) in [6, 6.07) is 18.7. The number of ether oxygens (including phenoxy) is 1. The number of amides is 1. The van der Waals surface area contributed by atoms with Gasteiger partial charge in [-0.25, -0.2) is 8.42 Å². The molecule has 1 amide bonds. The smallest absolute Gasteiger partial charge is 0.291 e. The number of carbonyl (C=O) groups excluding carboxylic acids is 1. The molecule has 0 spiro atoms. The molecule has 0 atom stereocenters. The molecule has 0 radical (unpaired) electrons. The number of carbonyl (C=O) groups is 1. The van der Waals surface area contributed by atoms with E-state index in [4.69, 9.17) is 14.4 Å². The maximum absolute atomic E-state index is 12.6. The molecule has 1 fully saturated rings. The van der Waals surface area contributed by atoms with Crippen molar-refractivity contribution in [1.82, 2.24) is 4.31 Å². The summed E-state index contributed by atoms with van der Waals surface area (Å²) in [5.41, 5.74) is 1.87. The Kier molecular flexibility index (Phi) is 6.25. The Balaban J connectivity index is 1.41. The average Bonchev–Trinajstić information content (AvgIpc) is 3.51. The van der Waals surface area contributed by atoms with Crippen LogP contribution in [0.4, 0.5) is 5.69 Å². The van der Waals surface area contributed by atoms with Gasteiger partial charge in [-0.2, -0.15) is 9.57 Å². The highest BCUT2D eigenvalue weighted by Gasteiger charge is 2.30. The largest absolute Gasteiger partial charge is 0.489 e. The van der Waals surface area contributed by atoms with Gasteiger partial charge in [0.2, 0.25) is 5.09 Å². The van der Waals surface area contributed by atoms with Crippen LogP contribution in [-0.4, -0.2) is 31.7 Å². The van der Waals surface area contributed by atoms with Crippen molar-refractivity contribution in [1.29, 1.82) is 5.26 Å². The Morgan fingerprint density at radius 1 is 1.09 bits per heavy atom. The Bertz CT molecular complexity index is 1270. The van der Waals surface area contributed by atoms with Crippen molar-refractivity contribution in [3.63, 3.8) is 0 Å². The highest BCUT2D eigenvalue weighted by atomic mass is 32.2. The van der Waals surface area contributed by atoms with Crippen LogP contribution in [0.15, 0.2) is 70.2 Å². The van der Waals surface area contributed by atoms with Gasteiger partial charge >= 0.3 is 0 Å². The van der Waals surface area contributed by atoms with Crippen LogP contribution < -0.4 is 10.1 Å². The summed E-state index contributed by atoms with van der Waals surface area (Å²) in [5.74, 6) is -0.129. The molecule has 0 aliphatic carbocycles. The second-order valence-corrected chi connectivity index (χ2v) is 9.18. The zero-order chi connectivity index (χ0) is 22.6. The Hall–Kier alpha value is -3.61. The zero-order valence-electron chi connectivity index (χ0n) is 17.2. The van der Waals surface area contributed by atoms with E-state index in [9.17, 15) is 13.2 Å². The normalized spacial score (nSPS) is 14.1. The van der Waals surface area contributed by atoms with Crippen LogP contribution >= 0.6 is 0 Å². The number of sulfonamides is 1. The minimum atomic E-state index is -3.72. The number of anilines is 1. The van der Waals surface area contributed by atoms with Crippen molar-refractivity contribution >= 4 is 21.6 Å². The quantitative estimate of drug-likeness (QED) is 0.585. The SMILES string of the molecule is N#Cc1cccc(COc2cccc(NC(=O)c3ccc(S(=O)(=O)N4CCCC4)o3)c2)c1. The number of furan rings is 1. The van der Waals surface area contributed by atoms with Crippen molar-refractivity contribution in [2.75, 3.05) is 18.4 Å². The molecule has 1 aromatic heterocycles. The number of nitrogens with zero attached hydrogens (tertiary/aromatic N) is 2. The van der Waals surface area contributed by atoms with Gasteiger partial charge in [-0.3, -0.25) is 4.79 Å². The molecule has 3 aromatic rings. The molecule has 1 aliphatic heterocycles. The van der Waals surface area contributed by atoms with Crippen LogP contribution in [-0.2, 0) is 16.6 Å². The topological polar surface area (TPSA) is 113 Å². The van der Waals surface area contributed by atoms with Crippen LogP contribution in [0.2, 0.25) is 0 Å². The first-order chi connectivity index (χ1) is 15.5. The molecule has 8 nitrogen and oxygen atoms in total. The highest BCUT2D eigenvalue weighted by molar-refractivity contribution is 7.89. The number of hydrogen-bond acceptors (Lipinski definition) is 6. The molecule has 9 heteroatoms. The number of benzene rings is 2. The molecule has 1 N–H and O–H groups in total. The third-order valence-corrected chi connectivity index (χ3v) is 6.79. The molecule has 0 unspecified atom stereocenters. The molecule has 32 heavy (non-hydrogen) atoms. The second-order valence-electron chi connectivity index (χ2n) is 7.31. The van der Waals surface area contributed by atoms with Crippen molar-refractivity contribution in [2.45, 2.75) is 24.5 Å². The summed E-state index contributed by atoms with van der Waals surface area (Å²) >= 11 is 0. The maximum atomic E-state index is 12.6. The second kappa shape index (κ2) is 9.26.